The minimum atomic E-state index is -4.49. The van der Waals surface area contributed by atoms with Crippen LogP contribution in [0.25, 0.3) is 0 Å². The first kappa shape index (κ1) is 22.1. The molecule has 0 unspecified atom stereocenters. The van der Waals surface area contributed by atoms with Crippen molar-refractivity contribution in [3.8, 4) is 0 Å². The van der Waals surface area contributed by atoms with Gasteiger partial charge in [-0.05, 0) is 60.0 Å². The number of carboxylic acids is 1. The summed E-state index contributed by atoms with van der Waals surface area (Å²) in [5.74, 6) is -1.56. The molecule has 0 saturated carbocycles. The van der Waals surface area contributed by atoms with Crippen molar-refractivity contribution in [2.24, 2.45) is 0 Å². The molecule has 1 N–H and O–H groups in total. The van der Waals surface area contributed by atoms with Crippen molar-refractivity contribution < 1.29 is 27.9 Å². The highest BCUT2D eigenvalue weighted by atomic mass is 19.4. The number of anilines is 1. The van der Waals surface area contributed by atoms with E-state index in [2.05, 4.69) is 0 Å². The lowest BCUT2D eigenvalue weighted by Gasteiger charge is -2.26. The maximum atomic E-state index is 13.3. The van der Waals surface area contributed by atoms with E-state index in [1.807, 2.05) is 19.1 Å². The Morgan fingerprint density at radius 1 is 0.903 bits per heavy atom. The monoisotopic (exact) mass is 427 g/mol. The quantitative estimate of drug-likeness (QED) is 0.540. The number of rotatable bonds is 6. The van der Waals surface area contributed by atoms with Crippen LogP contribution < -0.4 is 4.90 Å². The van der Waals surface area contributed by atoms with Gasteiger partial charge in [-0.15, -0.1) is 0 Å². The molecule has 0 aliphatic heterocycles. The lowest BCUT2D eigenvalue weighted by atomic mass is 10.0. The molecule has 0 spiro atoms. The number of aryl methyl sites for hydroxylation is 1. The zero-order valence-corrected chi connectivity index (χ0v) is 16.7. The second-order valence-electron chi connectivity index (χ2n) is 6.95. The molecule has 0 atom stereocenters. The predicted molar refractivity (Wildman–Crippen MR) is 111 cm³/mol. The number of amides is 1. The van der Waals surface area contributed by atoms with Crippen LogP contribution >= 0.6 is 0 Å². The minimum absolute atomic E-state index is 0.0674. The van der Waals surface area contributed by atoms with Crippen LogP contribution in [0.2, 0.25) is 0 Å². The lowest BCUT2D eigenvalue weighted by Crippen LogP contribution is -2.31. The van der Waals surface area contributed by atoms with Crippen LogP contribution in [0.3, 0.4) is 0 Å². The molecule has 0 fully saturated rings. The van der Waals surface area contributed by atoms with Crippen molar-refractivity contribution in [1.29, 1.82) is 0 Å². The Labute approximate surface area is 177 Å². The molecule has 0 aliphatic rings. The first-order valence-corrected chi connectivity index (χ1v) is 9.60. The Hall–Kier alpha value is -3.61. The summed E-state index contributed by atoms with van der Waals surface area (Å²) < 4.78 is 38.7. The molecule has 4 nitrogen and oxygen atoms in total. The summed E-state index contributed by atoms with van der Waals surface area (Å²) in [6, 6.07) is 17.5. The number of para-hydroxylation sites is 1. The Bertz CT molecular complexity index is 1090. The SMILES string of the molecule is CCc1ccccc1N(Cc1cccc(C(=O)O)c1)C(=O)c1ccc(C(F)(F)F)cc1. The molecular formula is C24H20F3NO3. The highest BCUT2D eigenvalue weighted by Crippen LogP contribution is 2.30. The topological polar surface area (TPSA) is 57.6 Å². The van der Waals surface area contributed by atoms with Gasteiger partial charge in [0.05, 0.1) is 17.7 Å². The number of carboxylic acid groups (broad SMARTS) is 1. The van der Waals surface area contributed by atoms with Gasteiger partial charge in [-0.1, -0.05) is 37.3 Å². The average molecular weight is 427 g/mol. The molecule has 0 bridgehead atoms. The van der Waals surface area contributed by atoms with E-state index in [0.29, 0.717) is 17.7 Å². The number of carbonyl (C=O) groups excluding carboxylic acids is 1. The van der Waals surface area contributed by atoms with Crippen LogP contribution in [0.1, 0.15) is 44.3 Å². The fraction of sp³-hybridized carbons (Fsp3) is 0.167. The number of carbonyl (C=O) groups is 2. The van der Waals surface area contributed by atoms with Crippen LogP contribution in [0.4, 0.5) is 18.9 Å². The van der Waals surface area contributed by atoms with Crippen molar-refractivity contribution in [3.63, 3.8) is 0 Å². The second-order valence-corrected chi connectivity index (χ2v) is 6.95. The number of nitrogens with zero attached hydrogens (tertiary/aromatic N) is 1. The molecule has 3 aromatic carbocycles. The normalized spacial score (nSPS) is 11.2. The van der Waals surface area contributed by atoms with E-state index in [1.54, 1.807) is 24.3 Å². The third-order valence-electron chi connectivity index (χ3n) is 4.88. The smallest absolute Gasteiger partial charge is 0.416 e. The second kappa shape index (κ2) is 9.04. The van der Waals surface area contributed by atoms with Gasteiger partial charge >= 0.3 is 12.1 Å². The zero-order valence-electron chi connectivity index (χ0n) is 16.7. The molecule has 1 amide bonds. The van der Waals surface area contributed by atoms with E-state index in [0.717, 1.165) is 29.8 Å². The third-order valence-corrected chi connectivity index (χ3v) is 4.88. The van der Waals surface area contributed by atoms with E-state index >= 15 is 0 Å². The van der Waals surface area contributed by atoms with E-state index in [4.69, 9.17) is 0 Å². The molecule has 0 saturated heterocycles. The highest BCUT2D eigenvalue weighted by molar-refractivity contribution is 6.06. The third kappa shape index (κ3) is 5.12. The number of hydrogen-bond acceptors (Lipinski definition) is 2. The van der Waals surface area contributed by atoms with Crippen LogP contribution in [-0.2, 0) is 19.1 Å². The van der Waals surface area contributed by atoms with E-state index < -0.39 is 23.6 Å². The minimum Gasteiger partial charge on any atom is -0.478 e. The van der Waals surface area contributed by atoms with Crippen LogP contribution in [0.5, 0.6) is 0 Å². The predicted octanol–water partition coefficient (Wildman–Crippen LogP) is 5.81. The standard InChI is InChI=1S/C24H20F3NO3/c1-2-17-7-3-4-9-21(17)28(15-16-6-5-8-19(14-16)23(30)31)22(29)18-10-12-20(13-11-18)24(25,26)27/h3-14H,2,15H2,1H3,(H,30,31). The molecule has 160 valence electrons. The summed E-state index contributed by atoms with van der Waals surface area (Å²) in [5.41, 5.74) is 1.45. The number of halogens is 3. The first-order chi connectivity index (χ1) is 14.7. The van der Waals surface area contributed by atoms with Gasteiger partial charge in [0.25, 0.3) is 5.91 Å². The Morgan fingerprint density at radius 3 is 2.19 bits per heavy atom. The first-order valence-electron chi connectivity index (χ1n) is 9.60. The van der Waals surface area contributed by atoms with Gasteiger partial charge in [0.15, 0.2) is 0 Å². The zero-order chi connectivity index (χ0) is 22.6. The largest absolute Gasteiger partial charge is 0.478 e. The van der Waals surface area contributed by atoms with E-state index in [-0.39, 0.29) is 17.7 Å². The molecule has 0 heterocycles. The van der Waals surface area contributed by atoms with Crippen molar-refractivity contribution >= 4 is 17.6 Å². The van der Waals surface area contributed by atoms with Gasteiger partial charge in [0.1, 0.15) is 0 Å². The molecule has 31 heavy (non-hydrogen) atoms. The fourth-order valence-corrected chi connectivity index (χ4v) is 3.28. The fourth-order valence-electron chi connectivity index (χ4n) is 3.28. The molecule has 0 radical (unpaired) electrons. The average Bonchev–Trinajstić information content (AvgIpc) is 2.76. The van der Waals surface area contributed by atoms with Crippen molar-refractivity contribution in [1.82, 2.24) is 0 Å². The molecule has 3 rings (SSSR count). The number of hydrogen-bond donors (Lipinski definition) is 1. The molecule has 7 heteroatoms. The number of alkyl halides is 3. The summed E-state index contributed by atoms with van der Waals surface area (Å²) in [6.45, 7) is 2.00. The Balaban J connectivity index is 2.02. The van der Waals surface area contributed by atoms with Gasteiger partial charge in [-0.2, -0.15) is 13.2 Å². The van der Waals surface area contributed by atoms with Gasteiger partial charge in [-0.25, -0.2) is 4.79 Å². The van der Waals surface area contributed by atoms with Crippen LogP contribution in [-0.4, -0.2) is 17.0 Å². The van der Waals surface area contributed by atoms with Crippen molar-refractivity contribution in [2.45, 2.75) is 26.1 Å². The van der Waals surface area contributed by atoms with E-state index in [1.165, 1.54) is 17.0 Å². The van der Waals surface area contributed by atoms with Crippen molar-refractivity contribution in [3.05, 3.63) is 101 Å². The van der Waals surface area contributed by atoms with Gasteiger partial charge < -0.3 is 10.0 Å². The Kier molecular flexibility index (Phi) is 6.44. The molecule has 3 aromatic rings. The summed E-state index contributed by atoms with van der Waals surface area (Å²) >= 11 is 0. The van der Waals surface area contributed by atoms with Gasteiger partial charge in [-0.3, -0.25) is 4.79 Å². The molecule has 0 aliphatic carbocycles. The summed E-state index contributed by atoms with van der Waals surface area (Å²) in [7, 11) is 0. The highest BCUT2D eigenvalue weighted by Gasteiger charge is 2.30. The summed E-state index contributed by atoms with van der Waals surface area (Å²) in [6.07, 6.45) is -3.85. The number of aromatic carboxylic acids is 1. The summed E-state index contributed by atoms with van der Waals surface area (Å²) in [5, 5.41) is 9.25. The van der Waals surface area contributed by atoms with Gasteiger partial charge in [0.2, 0.25) is 0 Å². The van der Waals surface area contributed by atoms with E-state index in [9.17, 15) is 27.9 Å². The van der Waals surface area contributed by atoms with Gasteiger partial charge in [0, 0.05) is 11.3 Å². The maximum Gasteiger partial charge on any atom is 0.416 e. The molecular weight excluding hydrogens is 407 g/mol. The van der Waals surface area contributed by atoms with Crippen molar-refractivity contribution in [2.75, 3.05) is 4.90 Å². The van der Waals surface area contributed by atoms with Crippen LogP contribution in [0.15, 0.2) is 72.8 Å². The maximum absolute atomic E-state index is 13.3. The number of benzene rings is 3. The lowest BCUT2D eigenvalue weighted by molar-refractivity contribution is -0.137. The van der Waals surface area contributed by atoms with Crippen LogP contribution in [0, 0.1) is 0 Å². The Morgan fingerprint density at radius 2 is 1.58 bits per heavy atom. The molecule has 0 aromatic heterocycles. The summed E-state index contributed by atoms with van der Waals surface area (Å²) in [4.78, 5) is 26.1.